The molecule has 142 valence electrons. The standard InChI is InChI=1S/C15H19N3O7S/c1-16(2)17(12-4-5-26(23,24)9-12)14(19)10-6-11(15(20)25-3)8-13(7-10)18(21)22/h6-8,12H,4-5,9H2,1-3H3/t12-/m1/s1. The minimum absolute atomic E-state index is 0.0301. The lowest BCUT2D eigenvalue weighted by Crippen LogP contribution is -2.49. The monoisotopic (exact) mass is 385 g/mol. The van der Waals surface area contributed by atoms with E-state index < -0.39 is 38.4 Å². The van der Waals surface area contributed by atoms with Crippen LogP contribution in [0, 0.1) is 10.1 Å². The number of rotatable bonds is 5. The number of nitro benzene ring substituents is 1. The number of methoxy groups -OCH3 is 1. The Morgan fingerprint density at radius 2 is 1.85 bits per heavy atom. The third-order valence-electron chi connectivity index (χ3n) is 3.99. The van der Waals surface area contributed by atoms with Crippen LogP contribution < -0.4 is 0 Å². The molecule has 1 saturated heterocycles. The lowest BCUT2D eigenvalue weighted by molar-refractivity contribution is -0.384. The fourth-order valence-electron chi connectivity index (χ4n) is 2.85. The molecular weight excluding hydrogens is 366 g/mol. The van der Waals surface area contributed by atoms with Gasteiger partial charge in [0.1, 0.15) is 0 Å². The van der Waals surface area contributed by atoms with Crippen molar-refractivity contribution in [3.8, 4) is 0 Å². The summed E-state index contributed by atoms with van der Waals surface area (Å²) in [6.07, 6.45) is 0.269. The van der Waals surface area contributed by atoms with E-state index in [9.17, 15) is 28.1 Å². The van der Waals surface area contributed by atoms with Crippen LogP contribution >= 0.6 is 0 Å². The molecule has 1 aliphatic rings. The summed E-state index contributed by atoms with van der Waals surface area (Å²) in [5, 5.41) is 13.8. The number of carbonyl (C=O) groups is 2. The molecule has 26 heavy (non-hydrogen) atoms. The summed E-state index contributed by atoms with van der Waals surface area (Å²) in [7, 11) is 1.03. The predicted octanol–water partition coefficient (Wildman–Crippen LogP) is 0.487. The number of nitrogens with zero attached hydrogens (tertiary/aromatic N) is 3. The van der Waals surface area contributed by atoms with Crippen molar-refractivity contribution in [1.29, 1.82) is 0 Å². The van der Waals surface area contributed by atoms with Gasteiger partial charge in [0, 0.05) is 31.8 Å². The van der Waals surface area contributed by atoms with Gasteiger partial charge in [-0.1, -0.05) is 0 Å². The van der Waals surface area contributed by atoms with E-state index in [2.05, 4.69) is 4.74 Å². The summed E-state index contributed by atoms with van der Waals surface area (Å²) in [4.78, 5) is 35.1. The van der Waals surface area contributed by atoms with E-state index in [0.717, 1.165) is 19.2 Å². The number of hydrogen-bond donors (Lipinski definition) is 0. The molecule has 2 rings (SSSR count). The first-order valence-electron chi connectivity index (χ1n) is 7.64. The number of nitro groups is 1. The van der Waals surface area contributed by atoms with Crippen LogP contribution in [0.25, 0.3) is 0 Å². The molecule has 0 radical (unpaired) electrons. The van der Waals surface area contributed by atoms with Gasteiger partial charge in [-0.2, -0.15) is 0 Å². The summed E-state index contributed by atoms with van der Waals surface area (Å²) < 4.78 is 28.1. The van der Waals surface area contributed by atoms with Crippen molar-refractivity contribution in [2.45, 2.75) is 12.5 Å². The fourth-order valence-corrected chi connectivity index (χ4v) is 4.54. The van der Waals surface area contributed by atoms with E-state index in [-0.39, 0.29) is 29.1 Å². The molecule has 1 aliphatic heterocycles. The molecule has 0 bridgehead atoms. The smallest absolute Gasteiger partial charge is 0.338 e. The highest BCUT2D eigenvalue weighted by atomic mass is 32.2. The Morgan fingerprint density at radius 1 is 1.23 bits per heavy atom. The highest BCUT2D eigenvalue weighted by Crippen LogP contribution is 2.24. The van der Waals surface area contributed by atoms with Gasteiger partial charge in [0.25, 0.3) is 11.6 Å². The van der Waals surface area contributed by atoms with Gasteiger partial charge in [-0.15, -0.1) is 0 Å². The highest BCUT2D eigenvalue weighted by Gasteiger charge is 2.37. The summed E-state index contributed by atoms with van der Waals surface area (Å²) in [5.74, 6) is -1.67. The maximum Gasteiger partial charge on any atom is 0.338 e. The van der Waals surface area contributed by atoms with Crippen molar-refractivity contribution in [2.24, 2.45) is 0 Å². The van der Waals surface area contributed by atoms with E-state index in [4.69, 9.17) is 0 Å². The van der Waals surface area contributed by atoms with Gasteiger partial charge in [0.15, 0.2) is 9.84 Å². The van der Waals surface area contributed by atoms with Gasteiger partial charge in [0.05, 0.1) is 35.1 Å². The minimum atomic E-state index is -3.24. The average Bonchev–Trinajstić information content (AvgIpc) is 2.92. The first kappa shape index (κ1) is 19.8. The number of hydrogen-bond acceptors (Lipinski definition) is 8. The van der Waals surface area contributed by atoms with Crippen LogP contribution in [0.1, 0.15) is 27.1 Å². The zero-order valence-electron chi connectivity index (χ0n) is 14.5. The molecule has 0 aliphatic carbocycles. The number of amides is 1. The van der Waals surface area contributed by atoms with Gasteiger partial charge in [-0.3, -0.25) is 19.9 Å². The Hall–Kier alpha value is -2.53. The van der Waals surface area contributed by atoms with Crippen LogP contribution in [-0.2, 0) is 14.6 Å². The van der Waals surface area contributed by atoms with Crippen molar-refractivity contribution in [2.75, 3.05) is 32.7 Å². The molecule has 11 heteroatoms. The summed E-state index contributed by atoms with van der Waals surface area (Å²) >= 11 is 0. The minimum Gasteiger partial charge on any atom is -0.465 e. The van der Waals surface area contributed by atoms with Crippen LogP contribution in [-0.4, -0.2) is 74.0 Å². The van der Waals surface area contributed by atoms with Crippen molar-refractivity contribution < 1.29 is 27.7 Å². The third-order valence-corrected chi connectivity index (χ3v) is 5.74. The Balaban J connectivity index is 2.46. The van der Waals surface area contributed by atoms with Crippen LogP contribution in [0.5, 0.6) is 0 Å². The first-order valence-corrected chi connectivity index (χ1v) is 9.47. The Labute approximate surface area is 150 Å². The Morgan fingerprint density at radius 3 is 2.31 bits per heavy atom. The van der Waals surface area contributed by atoms with Gasteiger partial charge >= 0.3 is 5.97 Å². The van der Waals surface area contributed by atoms with Crippen LogP contribution in [0.15, 0.2) is 18.2 Å². The van der Waals surface area contributed by atoms with E-state index in [0.29, 0.717) is 0 Å². The van der Waals surface area contributed by atoms with Crippen molar-refractivity contribution in [3.63, 3.8) is 0 Å². The first-order chi connectivity index (χ1) is 12.1. The summed E-state index contributed by atoms with van der Waals surface area (Å²) in [6.45, 7) is 0. The number of ether oxygens (including phenoxy) is 1. The number of hydrazine groups is 1. The zero-order valence-corrected chi connectivity index (χ0v) is 15.4. The molecule has 1 heterocycles. The Bertz CT molecular complexity index is 851. The second kappa shape index (κ2) is 7.38. The molecule has 0 spiro atoms. The Kier molecular flexibility index (Phi) is 5.62. The highest BCUT2D eigenvalue weighted by molar-refractivity contribution is 7.91. The molecule has 10 nitrogen and oxygen atoms in total. The van der Waals surface area contributed by atoms with Crippen molar-refractivity contribution in [1.82, 2.24) is 10.0 Å². The second-order valence-electron chi connectivity index (χ2n) is 6.07. The normalized spacial score (nSPS) is 18.5. The third kappa shape index (κ3) is 4.17. The lowest BCUT2D eigenvalue weighted by atomic mass is 10.1. The maximum absolute atomic E-state index is 12.9. The van der Waals surface area contributed by atoms with Gasteiger partial charge in [-0.05, 0) is 12.5 Å². The SMILES string of the molecule is COC(=O)c1cc(C(=O)N([C@@H]2CCS(=O)(=O)C2)N(C)C)cc([N+](=O)[O-])c1. The van der Waals surface area contributed by atoms with E-state index in [1.54, 1.807) is 14.1 Å². The largest absolute Gasteiger partial charge is 0.465 e. The maximum atomic E-state index is 12.9. The van der Waals surface area contributed by atoms with E-state index in [1.165, 1.54) is 16.1 Å². The quantitative estimate of drug-likeness (QED) is 0.407. The van der Waals surface area contributed by atoms with Crippen LogP contribution in [0.2, 0.25) is 0 Å². The number of non-ortho nitro benzene ring substituents is 1. The second-order valence-corrected chi connectivity index (χ2v) is 8.30. The van der Waals surface area contributed by atoms with Gasteiger partial charge < -0.3 is 4.74 Å². The number of esters is 1. The molecule has 0 unspecified atom stereocenters. The summed E-state index contributed by atoms with van der Waals surface area (Å²) in [6, 6.07) is 2.68. The number of sulfone groups is 1. The number of carbonyl (C=O) groups excluding carboxylic acids is 2. The van der Waals surface area contributed by atoms with Crippen LogP contribution in [0.4, 0.5) is 5.69 Å². The zero-order chi connectivity index (χ0) is 19.6. The fraction of sp³-hybridized carbons (Fsp3) is 0.467. The van der Waals surface area contributed by atoms with Gasteiger partial charge in [-0.25, -0.2) is 18.2 Å². The molecule has 1 aromatic rings. The molecule has 0 aromatic heterocycles. The van der Waals surface area contributed by atoms with Crippen LogP contribution in [0.3, 0.4) is 0 Å². The predicted molar refractivity (Wildman–Crippen MR) is 91.4 cm³/mol. The average molecular weight is 385 g/mol. The molecule has 1 atom stereocenters. The molecule has 1 fully saturated rings. The topological polar surface area (TPSA) is 127 Å². The molecular formula is C15H19N3O7S. The van der Waals surface area contributed by atoms with E-state index in [1.807, 2.05) is 0 Å². The molecule has 0 N–H and O–H groups in total. The van der Waals surface area contributed by atoms with Crippen molar-refractivity contribution >= 4 is 27.4 Å². The molecule has 1 amide bonds. The van der Waals surface area contributed by atoms with Crippen molar-refractivity contribution in [3.05, 3.63) is 39.4 Å². The molecule has 0 saturated carbocycles. The molecule has 1 aromatic carbocycles. The number of benzene rings is 1. The van der Waals surface area contributed by atoms with Gasteiger partial charge in [0.2, 0.25) is 0 Å². The van der Waals surface area contributed by atoms with E-state index >= 15 is 0 Å². The summed E-state index contributed by atoms with van der Waals surface area (Å²) in [5.41, 5.74) is -0.672. The lowest BCUT2D eigenvalue weighted by Gasteiger charge is -2.33.